The van der Waals surface area contributed by atoms with Gasteiger partial charge in [-0.2, -0.15) is 0 Å². The number of rotatable bonds is 4. The molecule has 0 saturated heterocycles. The van der Waals surface area contributed by atoms with Gasteiger partial charge >= 0.3 is 0 Å². The molecule has 0 aliphatic rings. The largest absolute Gasteiger partial charge is 0.496 e. The smallest absolute Gasteiger partial charge is 0.145 e. The maximum Gasteiger partial charge on any atom is 0.145 e. The van der Waals surface area contributed by atoms with Crippen LogP contribution in [-0.2, 0) is 0 Å². The van der Waals surface area contributed by atoms with Gasteiger partial charge in [0.2, 0.25) is 0 Å². The van der Waals surface area contributed by atoms with E-state index in [1.54, 1.807) is 14.2 Å². The van der Waals surface area contributed by atoms with Gasteiger partial charge in [0.1, 0.15) is 11.5 Å². The topological polar surface area (TPSA) is 30.5 Å². The molecule has 1 rings (SSSR count). The molecule has 0 radical (unpaired) electrons. The molecule has 84 valence electrons. The standard InChI is InChI=1S/C11H16BrNO2/c1-7-8(2)11(15-4)9(13-6-12)5-10(7)14-3/h5,13H,6H2,1-4H3. The number of hydrogen-bond acceptors (Lipinski definition) is 3. The van der Waals surface area contributed by atoms with Crippen molar-refractivity contribution in [1.82, 2.24) is 0 Å². The third-order valence-electron chi connectivity index (χ3n) is 2.47. The quantitative estimate of drug-likeness (QED) is 0.676. The summed E-state index contributed by atoms with van der Waals surface area (Å²) in [5.41, 5.74) is 3.82. The molecule has 0 aromatic heterocycles. The summed E-state index contributed by atoms with van der Waals surface area (Å²) in [6.07, 6.45) is 0. The number of ether oxygens (including phenoxy) is 2. The molecule has 1 aromatic carbocycles. The molecule has 0 aliphatic heterocycles. The summed E-state index contributed by atoms with van der Waals surface area (Å²) >= 11 is 3.33. The van der Waals surface area contributed by atoms with Gasteiger partial charge in [-0.25, -0.2) is 0 Å². The van der Waals surface area contributed by atoms with Crippen LogP contribution in [0.1, 0.15) is 11.1 Å². The molecule has 1 aromatic rings. The average molecular weight is 274 g/mol. The molecule has 15 heavy (non-hydrogen) atoms. The van der Waals surface area contributed by atoms with Gasteiger partial charge in [0, 0.05) is 6.07 Å². The predicted molar refractivity (Wildman–Crippen MR) is 66.4 cm³/mol. The molecule has 0 saturated carbocycles. The Morgan fingerprint density at radius 2 is 1.87 bits per heavy atom. The fourth-order valence-corrected chi connectivity index (χ4v) is 1.84. The first-order valence-corrected chi connectivity index (χ1v) is 5.79. The Labute approximate surface area is 98.9 Å². The first-order valence-electron chi connectivity index (χ1n) is 4.67. The summed E-state index contributed by atoms with van der Waals surface area (Å²) in [4.78, 5) is 0. The minimum atomic E-state index is 0.676. The summed E-state index contributed by atoms with van der Waals surface area (Å²) < 4.78 is 10.7. The van der Waals surface area contributed by atoms with Gasteiger partial charge in [0.15, 0.2) is 0 Å². The van der Waals surface area contributed by atoms with Crippen molar-refractivity contribution in [3.05, 3.63) is 17.2 Å². The highest BCUT2D eigenvalue weighted by Gasteiger charge is 2.12. The monoisotopic (exact) mass is 273 g/mol. The van der Waals surface area contributed by atoms with Gasteiger partial charge in [-0.1, -0.05) is 15.9 Å². The van der Waals surface area contributed by atoms with Gasteiger partial charge in [0.05, 0.1) is 25.4 Å². The molecule has 0 spiro atoms. The van der Waals surface area contributed by atoms with Gasteiger partial charge < -0.3 is 14.8 Å². The Hall–Kier alpha value is -0.900. The molecule has 0 heterocycles. The Bertz CT molecular complexity index is 353. The number of halogens is 1. The van der Waals surface area contributed by atoms with Gasteiger partial charge in [-0.05, 0) is 25.0 Å². The van der Waals surface area contributed by atoms with Crippen molar-refractivity contribution in [3.63, 3.8) is 0 Å². The molecule has 3 nitrogen and oxygen atoms in total. The molecule has 0 bridgehead atoms. The lowest BCUT2D eigenvalue weighted by Gasteiger charge is -2.16. The van der Waals surface area contributed by atoms with E-state index in [0.717, 1.165) is 28.3 Å². The second-order valence-electron chi connectivity index (χ2n) is 3.22. The summed E-state index contributed by atoms with van der Waals surface area (Å²) in [6, 6.07) is 1.95. The minimum absolute atomic E-state index is 0.676. The molecule has 0 aliphatic carbocycles. The number of methoxy groups -OCH3 is 2. The van der Waals surface area contributed by atoms with Crippen molar-refractivity contribution in [2.24, 2.45) is 0 Å². The minimum Gasteiger partial charge on any atom is -0.496 e. The number of benzene rings is 1. The van der Waals surface area contributed by atoms with Crippen LogP contribution in [-0.4, -0.2) is 19.7 Å². The number of alkyl halides is 1. The van der Waals surface area contributed by atoms with Gasteiger partial charge in [-0.3, -0.25) is 0 Å². The third-order valence-corrected chi connectivity index (χ3v) is 2.75. The molecule has 0 amide bonds. The Kier molecular flexibility index (Phi) is 4.27. The van der Waals surface area contributed by atoms with E-state index < -0.39 is 0 Å². The molecular weight excluding hydrogens is 258 g/mol. The lowest BCUT2D eigenvalue weighted by Crippen LogP contribution is -2.02. The van der Waals surface area contributed by atoms with Crippen molar-refractivity contribution in [2.75, 3.05) is 25.0 Å². The van der Waals surface area contributed by atoms with E-state index >= 15 is 0 Å². The highest BCUT2D eigenvalue weighted by atomic mass is 79.9. The van der Waals surface area contributed by atoms with Crippen LogP contribution < -0.4 is 14.8 Å². The zero-order chi connectivity index (χ0) is 11.4. The van der Waals surface area contributed by atoms with E-state index in [9.17, 15) is 0 Å². The van der Waals surface area contributed by atoms with E-state index in [-0.39, 0.29) is 0 Å². The van der Waals surface area contributed by atoms with Crippen molar-refractivity contribution in [1.29, 1.82) is 0 Å². The molecule has 4 heteroatoms. The highest BCUT2D eigenvalue weighted by molar-refractivity contribution is 9.09. The SMILES string of the molecule is COc1cc(NCBr)c(OC)c(C)c1C. The van der Waals surface area contributed by atoms with Crippen LogP contribution in [0.25, 0.3) is 0 Å². The maximum atomic E-state index is 5.37. The molecule has 1 N–H and O–H groups in total. The predicted octanol–water partition coefficient (Wildman–Crippen LogP) is 3.08. The van der Waals surface area contributed by atoms with Crippen LogP contribution >= 0.6 is 15.9 Å². The highest BCUT2D eigenvalue weighted by Crippen LogP contribution is 2.36. The van der Waals surface area contributed by atoms with E-state index in [1.807, 2.05) is 19.9 Å². The first kappa shape index (κ1) is 12.2. The first-order chi connectivity index (χ1) is 7.15. The van der Waals surface area contributed by atoms with Crippen LogP contribution in [0.5, 0.6) is 11.5 Å². The number of nitrogens with one attached hydrogen (secondary N) is 1. The molecule has 0 fully saturated rings. The zero-order valence-corrected chi connectivity index (χ0v) is 11.1. The van der Waals surface area contributed by atoms with Crippen molar-refractivity contribution in [3.8, 4) is 11.5 Å². The molecule has 0 atom stereocenters. The van der Waals surface area contributed by atoms with Crippen molar-refractivity contribution >= 4 is 21.6 Å². The second kappa shape index (κ2) is 5.26. The van der Waals surface area contributed by atoms with Gasteiger partial charge in [-0.15, -0.1) is 0 Å². The van der Waals surface area contributed by atoms with Crippen LogP contribution in [0.15, 0.2) is 6.07 Å². The fraction of sp³-hybridized carbons (Fsp3) is 0.455. The average Bonchev–Trinajstić information content (AvgIpc) is 2.24. The lowest BCUT2D eigenvalue weighted by atomic mass is 10.1. The molecule has 0 unspecified atom stereocenters. The van der Waals surface area contributed by atoms with Gasteiger partial charge in [0.25, 0.3) is 0 Å². The summed E-state index contributed by atoms with van der Waals surface area (Å²) in [6.45, 7) is 4.05. The summed E-state index contributed by atoms with van der Waals surface area (Å²) in [5, 5.41) is 3.18. The maximum absolute atomic E-state index is 5.37. The molecular formula is C11H16BrNO2. The number of anilines is 1. The van der Waals surface area contributed by atoms with E-state index in [2.05, 4.69) is 21.2 Å². The van der Waals surface area contributed by atoms with Crippen molar-refractivity contribution < 1.29 is 9.47 Å². The van der Waals surface area contributed by atoms with Crippen LogP contribution in [0.3, 0.4) is 0 Å². The Balaban J connectivity index is 3.30. The van der Waals surface area contributed by atoms with E-state index in [1.165, 1.54) is 0 Å². The Morgan fingerprint density at radius 3 is 2.33 bits per heavy atom. The van der Waals surface area contributed by atoms with Crippen LogP contribution in [0.4, 0.5) is 5.69 Å². The third kappa shape index (κ3) is 2.37. The summed E-state index contributed by atoms with van der Waals surface area (Å²) in [5.74, 6) is 1.74. The van der Waals surface area contributed by atoms with E-state index in [0.29, 0.717) is 5.45 Å². The Morgan fingerprint density at radius 1 is 1.20 bits per heavy atom. The summed E-state index contributed by atoms with van der Waals surface area (Å²) in [7, 11) is 3.35. The van der Waals surface area contributed by atoms with E-state index in [4.69, 9.17) is 9.47 Å². The van der Waals surface area contributed by atoms with Crippen LogP contribution in [0, 0.1) is 13.8 Å². The van der Waals surface area contributed by atoms with Crippen molar-refractivity contribution in [2.45, 2.75) is 13.8 Å². The zero-order valence-electron chi connectivity index (χ0n) is 9.48. The lowest BCUT2D eigenvalue weighted by molar-refractivity contribution is 0.399. The number of hydrogen-bond donors (Lipinski definition) is 1. The normalized spacial score (nSPS) is 9.93. The second-order valence-corrected chi connectivity index (χ2v) is 3.78. The van der Waals surface area contributed by atoms with Crippen LogP contribution in [0.2, 0.25) is 0 Å². The fourth-order valence-electron chi connectivity index (χ4n) is 1.54.